The zero-order valence-electron chi connectivity index (χ0n) is 11.8. The van der Waals surface area contributed by atoms with Crippen molar-refractivity contribution >= 4 is 12.4 Å². The van der Waals surface area contributed by atoms with Crippen molar-refractivity contribution in [2.24, 2.45) is 0 Å². The molecule has 1 heterocycles. The Kier molecular flexibility index (Phi) is 5.50. The van der Waals surface area contributed by atoms with Crippen LogP contribution in [0, 0.1) is 0 Å². The number of halogens is 4. The molecule has 1 aromatic rings. The van der Waals surface area contributed by atoms with E-state index in [-0.39, 0.29) is 17.9 Å². The molecule has 1 aliphatic heterocycles. The Balaban J connectivity index is 0.00000200. The van der Waals surface area contributed by atoms with Crippen LogP contribution in [0.2, 0.25) is 0 Å². The Labute approximate surface area is 124 Å². The average Bonchev–Trinajstić information content (AvgIpc) is 2.81. The van der Waals surface area contributed by atoms with Crippen molar-refractivity contribution in [3.63, 3.8) is 0 Å². The van der Waals surface area contributed by atoms with E-state index in [0.717, 1.165) is 24.7 Å². The van der Waals surface area contributed by atoms with Gasteiger partial charge in [0.05, 0.1) is 5.56 Å². The first-order valence-corrected chi connectivity index (χ1v) is 6.70. The monoisotopic (exact) mass is 307 g/mol. The molecule has 0 unspecified atom stereocenters. The lowest BCUT2D eigenvalue weighted by molar-refractivity contribution is -0.137. The summed E-state index contributed by atoms with van der Waals surface area (Å²) in [5, 5.41) is 0. The minimum Gasteiger partial charge on any atom is -0.298 e. The first kappa shape index (κ1) is 17.3. The molecule has 0 bridgehead atoms. The van der Waals surface area contributed by atoms with Crippen molar-refractivity contribution in [2.75, 3.05) is 13.1 Å². The molecule has 0 radical (unpaired) electrons. The molecule has 1 saturated heterocycles. The van der Waals surface area contributed by atoms with Crippen molar-refractivity contribution in [1.29, 1.82) is 0 Å². The van der Waals surface area contributed by atoms with Crippen LogP contribution in [0.25, 0.3) is 0 Å². The highest BCUT2D eigenvalue weighted by molar-refractivity contribution is 5.85. The summed E-state index contributed by atoms with van der Waals surface area (Å²) in [5.41, 5.74) is 0.120. The predicted octanol–water partition coefficient (Wildman–Crippen LogP) is 4.54. The van der Waals surface area contributed by atoms with E-state index in [1.165, 1.54) is 25.0 Å². The molecule has 1 aromatic carbocycles. The van der Waals surface area contributed by atoms with Crippen LogP contribution in [0.4, 0.5) is 13.2 Å². The Bertz CT molecular complexity index is 437. The van der Waals surface area contributed by atoms with Crippen LogP contribution in [0.3, 0.4) is 0 Å². The molecule has 1 fully saturated rings. The Morgan fingerprint density at radius 2 is 1.70 bits per heavy atom. The third kappa shape index (κ3) is 4.13. The molecule has 2 rings (SSSR count). The number of nitrogens with zero attached hydrogens (tertiary/aromatic N) is 1. The fourth-order valence-electron chi connectivity index (χ4n) is 2.79. The Morgan fingerprint density at radius 1 is 1.10 bits per heavy atom. The average molecular weight is 308 g/mol. The molecule has 0 amide bonds. The highest BCUT2D eigenvalue weighted by Crippen LogP contribution is 2.31. The van der Waals surface area contributed by atoms with Crippen molar-refractivity contribution in [3.8, 4) is 0 Å². The van der Waals surface area contributed by atoms with Gasteiger partial charge >= 0.3 is 6.18 Å². The van der Waals surface area contributed by atoms with Gasteiger partial charge in [-0.25, -0.2) is 0 Å². The number of hydrogen-bond acceptors (Lipinski definition) is 1. The zero-order valence-corrected chi connectivity index (χ0v) is 12.7. The van der Waals surface area contributed by atoms with Crippen molar-refractivity contribution in [2.45, 2.75) is 44.8 Å². The maximum Gasteiger partial charge on any atom is 0.416 e. The summed E-state index contributed by atoms with van der Waals surface area (Å²) in [6, 6.07) is 5.69. The normalized spacial score (nSPS) is 17.1. The molecule has 20 heavy (non-hydrogen) atoms. The second-order valence-electron chi connectivity index (χ2n) is 5.88. The highest BCUT2D eigenvalue weighted by atomic mass is 35.5. The maximum absolute atomic E-state index is 12.7. The summed E-state index contributed by atoms with van der Waals surface area (Å²) in [6.07, 6.45) is -1.23. The standard InChI is InChI=1S/C15H20F3N.ClH/c1-14(2,19-8-3-4-9-19)11-12-6-5-7-13(10-12)15(16,17)18;/h5-7,10H,3-4,8-9,11H2,1-2H3;1H. The summed E-state index contributed by atoms with van der Waals surface area (Å²) < 4.78 is 38.1. The van der Waals surface area contributed by atoms with Crippen LogP contribution in [0.15, 0.2) is 24.3 Å². The van der Waals surface area contributed by atoms with Gasteiger partial charge in [-0.2, -0.15) is 13.2 Å². The van der Waals surface area contributed by atoms with Gasteiger partial charge in [0.25, 0.3) is 0 Å². The number of rotatable bonds is 3. The molecule has 5 heteroatoms. The number of likely N-dealkylation sites (tertiary alicyclic amines) is 1. The first-order valence-electron chi connectivity index (χ1n) is 6.70. The maximum atomic E-state index is 12.7. The second kappa shape index (κ2) is 6.35. The molecule has 0 aliphatic carbocycles. The van der Waals surface area contributed by atoms with E-state index < -0.39 is 11.7 Å². The molecule has 0 N–H and O–H groups in total. The third-order valence-electron chi connectivity index (χ3n) is 3.85. The molecule has 114 valence electrons. The van der Waals surface area contributed by atoms with Crippen molar-refractivity contribution in [3.05, 3.63) is 35.4 Å². The van der Waals surface area contributed by atoms with E-state index >= 15 is 0 Å². The molecular formula is C15H21ClF3N. The number of alkyl halides is 3. The van der Waals surface area contributed by atoms with Gasteiger partial charge in [0.2, 0.25) is 0 Å². The molecule has 1 aliphatic rings. The van der Waals surface area contributed by atoms with Gasteiger partial charge in [0.15, 0.2) is 0 Å². The third-order valence-corrected chi connectivity index (χ3v) is 3.85. The number of benzene rings is 1. The predicted molar refractivity (Wildman–Crippen MR) is 77.3 cm³/mol. The van der Waals surface area contributed by atoms with E-state index in [4.69, 9.17) is 0 Å². The van der Waals surface area contributed by atoms with Crippen LogP contribution in [0.5, 0.6) is 0 Å². The van der Waals surface area contributed by atoms with Crippen LogP contribution in [-0.2, 0) is 12.6 Å². The number of hydrogen-bond donors (Lipinski definition) is 0. The van der Waals surface area contributed by atoms with Gasteiger partial charge < -0.3 is 0 Å². The zero-order chi connectivity index (χ0) is 14.1. The van der Waals surface area contributed by atoms with Crippen LogP contribution < -0.4 is 0 Å². The molecular weight excluding hydrogens is 287 g/mol. The summed E-state index contributed by atoms with van der Waals surface area (Å²) in [5.74, 6) is 0. The lowest BCUT2D eigenvalue weighted by Crippen LogP contribution is -2.43. The van der Waals surface area contributed by atoms with E-state index in [0.29, 0.717) is 6.42 Å². The summed E-state index contributed by atoms with van der Waals surface area (Å²) in [7, 11) is 0. The van der Waals surface area contributed by atoms with Crippen molar-refractivity contribution in [1.82, 2.24) is 4.90 Å². The van der Waals surface area contributed by atoms with Gasteiger partial charge in [-0.3, -0.25) is 4.90 Å². The van der Waals surface area contributed by atoms with E-state index in [1.54, 1.807) is 6.07 Å². The van der Waals surface area contributed by atoms with Gasteiger partial charge in [-0.05, 0) is 57.8 Å². The molecule has 0 saturated carbocycles. The fraction of sp³-hybridized carbons (Fsp3) is 0.600. The first-order chi connectivity index (χ1) is 8.79. The van der Waals surface area contributed by atoms with E-state index in [2.05, 4.69) is 18.7 Å². The Morgan fingerprint density at radius 3 is 2.25 bits per heavy atom. The minimum absolute atomic E-state index is 0. The van der Waals surface area contributed by atoms with Gasteiger partial charge in [0, 0.05) is 5.54 Å². The Hall–Kier alpha value is -0.740. The van der Waals surface area contributed by atoms with Crippen LogP contribution in [-0.4, -0.2) is 23.5 Å². The fourth-order valence-corrected chi connectivity index (χ4v) is 2.79. The van der Waals surface area contributed by atoms with Gasteiger partial charge in [-0.15, -0.1) is 12.4 Å². The van der Waals surface area contributed by atoms with Gasteiger partial charge in [-0.1, -0.05) is 18.2 Å². The smallest absolute Gasteiger partial charge is 0.298 e. The van der Waals surface area contributed by atoms with Crippen LogP contribution in [0.1, 0.15) is 37.8 Å². The molecule has 0 spiro atoms. The minimum atomic E-state index is -4.26. The quantitative estimate of drug-likeness (QED) is 0.792. The highest BCUT2D eigenvalue weighted by Gasteiger charge is 2.32. The SMILES string of the molecule is CC(C)(Cc1cccc(C(F)(F)F)c1)N1CCCC1.Cl. The lowest BCUT2D eigenvalue weighted by Gasteiger charge is -2.35. The second-order valence-corrected chi connectivity index (χ2v) is 5.88. The largest absolute Gasteiger partial charge is 0.416 e. The summed E-state index contributed by atoms with van der Waals surface area (Å²) in [4.78, 5) is 2.37. The van der Waals surface area contributed by atoms with Crippen molar-refractivity contribution < 1.29 is 13.2 Å². The summed E-state index contributed by atoms with van der Waals surface area (Å²) in [6.45, 7) is 6.31. The van der Waals surface area contributed by atoms with E-state index in [1.807, 2.05) is 0 Å². The van der Waals surface area contributed by atoms with Gasteiger partial charge in [0.1, 0.15) is 0 Å². The van der Waals surface area contributed by atoms with Crippen LogP contribution >= 0.6 is 12.4 Å². The van der Waals surface area contributed by atoms with E-state index in [9.17, 15) is 13.2 Å². The topological polar surface area (TPSA) is 3.24 Å². The lowest BCUT2D eigenvalue weighted by atomic mass is 9.92. The molecule has 0 aromatic heterocycles. The summed E-state index contributed by atoms with van der Waals surface area (Å²) >= 11 is 0. The molecule has 1 nitrogen and oxygen atoms in total. The molecule has 0 atom stereocenters.